The Hall–Kier alpha value is -2.72. The summed E-state index contributed by atoms with van der Waals surface area (Å²) in [4.78, 5) is 30.7. The molecule has 0 bridgehead atoms. The molecule has 0 spiro atoms. The fourth-order valence-electron chi connectivity index (χ4n) is 2.99. The Kier molecular flexibility index (Phi) is 7.68. The summed E-state index contributed by atoms with van der Waals surface area (Å²) in [6.07, 6.45) is 0. The molecule has 3 rings (SSSR count). The van der Waals surface area contributed by atoms with Gasteiger partial charge in [0.15, 0.2) is 16.1 Å². The van der Waals surface area contributed by atoms with Crippen LogP contribution >= 0.6 is 23.1 Å². The smallest absolute Gasteiger partial charge is 0.251 e. The average molecular weight is 473 g/mol. The number of aromatic nitrogens is 4. The molecular formula is C22H28N6O2S2. The number of nitrogens with one attached hydrogen (secondary N) is 2. The van der Waals surface area contributed by atoms with Gasteiger partial charge in [0.25, 0.3) is 5.91 Å². The molecule has 32 heavy (non-hydrogen) atoms. The number of hydrogen-bond donors (Lipinski definition) is 2. The predicted molar refractivity (Wildman–Crippen MR) is 128 cm³/mol. The van der Waals surface area contributed by atoms with Crippen molar-refractivity contribution in [1.29, 1.82) is 0 Å². The van der Waals surface area contributed by atoms with Crippen molar-refractivity contribution >= 4 is 40.0 Å². The zero-order valence-electron chi connectivity index (χ0n) is 19.0. The van der Waals surface area contributed by atoms with Crippen molar-refractivity contribution in [3.63, 3.8) is 0 Å². The first-order valence-electron chi connectivity index (χ1n) is 10.3. The van der Waals surface area contributed by atoms with Crippen molar-refractivity contribution in [3.05, 3.63) is 52.3 Å². The van der Waals surface area contributed by atoms with E-state index in [-0.39, 0.29) is 23.8 Å². The van der Waals surface area contributed by atoms with E-state index in [2.05, 4.69) is 25.8 Å². The standard InChI is InChI=1S/C22H28N6O2S2/c1-12(2)17(24-20(30)16-10-8-7-9-11-16)18-26-27-22(28(18)6)32-15(5)19(29)25-21-23-13(3)14(4)31-21/h7-12,15,17H,1-6H3,(H,24,30)(H,23,25,29)/t15-,17+/m1/s1. The molecule has 0 aliphatic carbocycles. The Morgan fingerprint density at radius 3 is 2.38 bits per heavy atom. The predicted octanol–water partition coefficient (Wildman–Crippen LogP) is 4.13. The molecule has 10 heteroatoms. The second-order valence-corrected chi connectivity index (χ2v) is 10.4. The lowest BCUT2D eigenvalue weighted by atomic mass is 10.0. The fourth-order valence-corrected chi connectivity index (χ4v) is 4.63. The molecule has 0 fully saturated rings. The molecule has 0 unspecified atom stereocenters. The van der Waals surface area contributed by atoms with Gasteiger partial charge in [-0.15, -0.1) is 21.5 Å². The Balaban J connectivity index is 1.70. The molecule has 2 N–H and O–H groups in total. The molecule has 0 aliphatic heterocycles. The zero-order chi connectivity index (χ0) is 23.4. The summed E-state index contributed by atoms with van der Waals surface area (Å²) in [5.74, 6) is 0.431. The van der Waals surface area contributed by atoms with Crippen LogP contribution in [0, 0.1) is 19.8 Å². The van der Waals surface area contributed by atoms with Crippen LogP contribution in [0.3, 0.4) is 0 Å². The minimum atomic E-state index is -0.397. The number of aryl methyl sites for hydroxylation is 2. The molecule has 0 radical (unpaired) electrons. The highest BCUT2D eigenvalue weighted by Crippen LogP contribution is 2.28. The number of carbonyl (C=O) groups is 2. The van der Waals surface area contributed by atoms with Gasteiger partial charge in [0.1, 0.15) is 0 Å². The first-order valence-corrected chi connectivity index (χ1v) is 12.0. The van der Waals surface area contributed by atoms with E-state index in [1.807, 2.05) is 64.4 Å². The van der Waals surface area contributed by atoms with Gasteiger partial charge in [0.05, 0.1) is 17.0 Å². The molecule has 0 saturated carbocycles. The number of rotatable bonds is 8. The van der Waals surface area contributed by atoms with E-state index in [0.29, 0.717) is 21.7 Å². The van der Waals surface area contributed by atoms with Gasteiger partial charge in [-0.2, -0.15) is 0 Å². The van der Waals surface area contributed by atoms with Gasteiger partial charge >= 0.3 is 0 Å². The van der Waals surface area contributed by atoms with Gasteiger partial charge in [0, 0.05) is 17.5 Å². The highest BCUT2D eigenvalue weighted by atomic mass is 32.2. The molecule has 8 nitrogen and oxygen atoms in total. The van der Waals surface area contributed by atoms with Crippen LogP contribution in [0.25, 0.3) is 0 Å². The van der Waals surface area contributed by atoms with E-state index in [1.54, 1.807) is 12.1 Å². The van der Waals surface area contributed by atoms with Crippen molar-refractivity contribution < 1.29 is 9.59 Å². The highest BCUT2D eigenvalue weighted by Gasteiger charge is 2.27. The van der Waals surface area contributed by atoms with Gasteiger partial charge in [-0.1, -0.05) is 43.8 Å². The van der Waals surface area contributed by atoms with Crippen LogP contribution in [0.1, 0.15) is 53.6 Å². The second kappa shape index (κ2) is 10.3. The maximum absolute atomic E-state index is 12.7. The Labute approximate surface area is 196 Å². The summed E-state index contributed by atoms with van der Waals surface area (Å²) in [6.45, 7) is 9.75. The van der Waals surface area contributed by atoms with Gasteiger partial charge in [-0.3, -0.25) is 9.59 Å². The van der Waals surface area contributed by atoms with Crippen LogP contribution in [-0.2, 0) is 11.8 Å². The van der Waals surface area contributed by atoms with E-state index in [9.17, 15) is 9.59 Å². The van der Waals surface area contributed by atoms with Gasteiger partial charge in [-0.25, -0.2) is 4.98 Å². The first-order chi connectivity index (χ1) is 15.2. The monoisotopic (exact) mass is 472 g/mol. The number of anilines is 1. The van der Waals surface area contributed by atoms with Crippen molar-refractivity contribution in [2.24, 2.45) is 13.0 Å². The van der Waals surface area contributed by atoms with Crippen LogP contribution in [0.5, 0.6) is 0 Å². The van der Waals surface area contributed by atoms with Crippen molar-refractivity contribution in [2.75, 3.05) is 5.32 Å². The summed E-state index contributed by atoms with van der Waals surface area (Å²) in [6, 6.07) is 8.76. The van der Waals surface area contributed by atoms with Crippen LogP contribution in [0.2, 0.25) is 0 Å². The molecule has 170 valence electrons. The van der Waals surface area contributed by atoms with Crippen LogP contribution in [0.4, 0.5) is 5.13 Å². The molecule has 1 aromatic carbocycles. The van der Waals surface area contributed by atoms with Gasteiger partial charge in [0.2, 0.25) is 5.91 Å². The fraction of sp³-hybridized carbons (Fsp3) is 0.409. The summed E-state index contributed by atoms with van der Waals surface area (Å²) in [5, 5.41) is 15.3. The maximum Gasteiger partial charge on any atom is 0.251 e. The van der Waals surface area contributed by atoms with Crippen LogP contribution < -0.4 is 10.6 Å². The van der Waals surface area contributed by atoms with E-state index >= 15 is 0 Å². The molecule has 0 aliphatic rings. The molecule has 2 heterocycles. The number of nitrogens with zero attached hydrogens (tertiary/aromatic N) is 4. The minimum Gasteiger partial charge on any atom is -0.342 e. The Morgan fingerprint density at radius 2 is 1.78 bits per heavy atom. The van der Waals surface area contributed by atoms with Gasteiger partial charge in [-0.05, 0) is 38.8 Å². The molecule has 2 atom stereocenters. The first kappa shape index (κ1) is 23.9. The third-order valence-electron chi connectivity index (χ3n) is 5.05. The molecule has 2 amide bonds. The lowest BCUT2D eigenvalue weighted by Crippen LogP contribution is -2.33. The topological polar surface area (TPSA) is 102 Å². The molecule has 2 aromatic heterocycles. The third-order valence-corrected chi connectivity index (χ3v) is 7.17. The highest BCUT2D eigenvalue weighted by molar-refractivity contribution is 8.00. The number of carbonyl (C=O) groups excluding carboxylic acids is 2. The van der Waals surface area contributed by atoms with E-state index in [0.717, 1.165) is 10.6 Å². The van der Waals surface area contributed by atoms with E-state index in [4.69, 9.17) is 0 Å². The number of thioether (sulfide) groups is 1. The lowest BCUT2D eigenvalue weighted by molar-refractivity contribution is -0.115. The summed E-state index contributed by atoms with van der Waals surface area (Å²) in [5.41, 5.74) is 1.51. The van der Waals surface area contributed by atoms with E-state index < -0.39 is 5.25 Å². The Morgan fingerprint density at radius 1 is 1.09 bits per heavy atom. The number of hydrogen-bond acceptors (Lipinski definition) is 7. The van der Waals surface area contributed by atoms with Crippen molar-refractivity contribution in [1.82, 2.24) is 25.1 Å². The average Bonchev–Trinajstić information content (AvgIpc) is 3.27. The summed E-state index contributed by atoms with van der Waals surface area (Å²) < 4.78 is 1.84. The summed E-state index contributed by atoms with van der Waals surface area (Å²) >= 11 is 2.77. The number of thiazole rings is 1. The molecule has 3 aromatic rings. The van der Waals surface area contributed by atoms with Crippen LogP contribution in [0.15, 0.2) is 35.5 Å². The van der Waals surface area contributed by atoms with Crippen molar-refractivity contribution in [3.8, 4) is 0 Å². The lowest BCUT2D eigenvalue weighted by Gasteiger charge is -2.22. The minimum absolute atomic E-state index is 0.0977. The Bertz CT molecular complexity index is 1070. The number of benzene rings is 1. The SMILES string of the molecule is Cc1nc(NC(=O)[C@@H](C)Sc2nnc([C@@H](NC(=O)c3ccccc3)C(C)C)n2C)sc1C. The third kappa shape index (κ3) is 5.55. The van der Waals surface area contributed by atoms with E-state index in [1.165, 1.54) is 23.1 Å². The molecular weight excluding hydrogens is 444 g/mol. The quantitative estimate of drug-likeness (QED) is 0.478. The zero-order valence-corrected chi connectivity index (χ0v) is 20.7. The van der Waals surface area contributed by atoms with Crippen molar-refractivity contribution in [2.45, 2.75) is 51.1 Å². The normalized spacial score (nSPS) is 13.1. The second-order valence-electron chi connectivity index (χ2n) is 7.87. The number of amides is 2. The largest absolute Gasteiger partial charge is 0.342 e. The maximum atomic E-state index is 12.7. The summed E-state index contributed by atoms with van der Waals surface area (Å²) in [7, 11) is 1.85. The van der Waals surface area contributed by atoms with Gasteiger partial charge < -0.3 is 15.2 Å². The van der Waals surface area contributed by atoms with Crippen LogP contribution in [-0.4, -0.2) is 36.8 Å². The molecule has 0 saturated heterocycles.